The first kappa shape index (κ1) is 13.5. The first-order valence-corrected chi connectivity index (χ1v) is 7.39. The van der Waals surface area contributed by atoms with Crippen LogP contribution in [0.1, 0.15) is 16.7 Å². The molecule has 0 amide bonds. The molecule has 0 atom stereocenters. The Hall–Kier alpha value is -1.88. The lowest BCUT2D eigenvalue weighted by Crippen LogP contribution is -2.14. The topological polar surface area (TPSA) is 59.1 Å². The standard InChI is InChI=1S/C14H16N2O2S/c1-10-4-7-14(15-9-10)16-19(17,18)13-6-5-11(2)12(3)8-13/h4-9H,1-3H3,(H,15,16). The fourth-order valence-corrected chi connectivity index (χ4v) is 2.70. The third-order valence-corrected chi connectivity index (χ3v) is 4.29. The fourth-order valence-electron chi connectivity index (χ4n) is 1.61. The lowest BCUT2D eigenvalue weighted by atomic mass is 10.1. The predicted molar refractivity (Wildman–Crippen MR) is 75.7 cm³/mol. The Kier molecular flexibility index (Phi) is 3.57. The molecule has 0 aliphatic rings. The average Bonchev–Trinajstić information content (AvgIpc) is 2.35. The maximum Gasteiger partial charge on any atom is 0.263 e. The van der Waals surface area contributed by atoms with E-state index in [2.05, 4.69) is 9.71 Å². The minimum Gasteiger partial charge on any atom is -0.263 e. The number of hydrogen-bond donors (Lipinski definition) is 1. The van der Waals surface area contributed by atoms with Crippen molar-refractivity contribution in [3.63, 3.8) is 0 Å². The van der Waals surface area contributed by atoms with Gasteiger partial charge in [-0.15, -0.1) is 0 Å². The highest BCUT2D eigenvalue weighted by Crippen LogP contribution is 2.17. The number of pyridine rings is 1. The van der Waals surface area contributed by atoms with Crippen LogP contribution in [0.4, 0.5) is 5.82 Å². The zero-order valence-electron chi connectivity index (χ0n) is 11.1. The molecule has 100 valence electrons. The summed E-state index contributed by atoms with van der Waals surface area (Å²) >= 11 is 0. The second-order valence-corrected chi connectivity index (χ2v) is 6.25. The number of hydrogen-bond acceptors (Lipinski definition) is 3. The molecule has 0 unspecified atom stereocenters. The van der Waals surface area contributed by atoms with Crippen molar-refractivity contribution in [3.8, 4) is 0 Å². The van der Waals surface area contributed by atoms with Crippen molar-refractivity contribution in [2.24, 2.45) is 0 Å². The van der Waals surface area contributed by atoms with Crippen LogP contribution in [0.2, 0.25) is 0 Å². The van der Waals surface area contributed by atoms with Crippen LogP contribution in [0.3, 0.4) is 0 Å². The monoisotopic (exact) mass is 276 g/mol. The lowest BCUT2D eigenvalue weighted by Gasteiger charge is -2.09. The number of sulfonamides is 1. The van der Waals surface area contributed by atoms with Gasteiger partial charge < -0.3 is 0 Å². The first-order valence-electron chi connectivity index (χ1n) is 5.91. The summed E-state index contributed by atoms with van der Waals surface area (Å²) in [6.45, 7) is 5.73. The van der Waals surface area contributed by atoms with Crippen LogP contribution in [0, 0.1) is 20.8 Å². The van der Waals surface area contributed by atoms with Gasteiger partial charge in [-0.25, -0.2) is 13.4 Å². The largest absolute Gasteiger partial charge is 0.263 e. The SMILES string of the molecule is Cc1ccc(NS(=O)(=O)c2ccc(C)c(C)c2)nc1. The molecule has 1 heterocycles. The Balaban J connectivity index is 2.32. The number of nitrogens with one attached hydrogen (secondary N) is 1. The van der Waals surface area contributed by atoms with E-state index in [0.29, 0.717) is 5.82 Å². The summed E-state index contributed by atoms with van der Waals surface area (Å²) in [7, 11) is -3.58. The highest BCUT2D eigenvalue weighted by molar-refractivity contribution is 7.92. The van der Waals surface area contributed by atoms with Crippen LogP contribution in [0.25, 0.3) is 0 Å². The van der Waals surface area contributed by atoms with Crippen molar-refractivity contribution >= 4 is 15.8 Å². The molecule has 4 nitrogen and oxygen atoms in total. The molecule has 2 rings (SSSR count). The van der Waals surface area contributed by atoms with Crippen LogP contribution >= 0.6 is 0 Å². The van der Waals surface area contributed by atoms with E-state index in [1.165, 1.54) is 0 Å². The minimum atomic E-state index is -3.58. The maximum absolute atomic E-state index is 12.2. The number of rotatable bonds is 3. The van der Waals surface area contributed by atoms with Gasteiger partial charge >= 0.3 is 0 Å². The molecule has 5 heteroatoms. The zero-order chi connectivity index (χ0) is 14.0. The molecule has 0 spiro atoms. The van der Waals surface area contributed by atoms with Crippen molar-refractivity contribution in [3.05, 3.63) is 53.2 Å². The normalized spacial score (nSPS) is 11.3. The zero-order valence-corrected chi connectivity index (χ0v) is 12.0. The summed E-state index contributed by atoms with van der Waals surface area (Å²) in [5, 5.41) is 0. The Morgan fingerprint density at radius 3 is 2.32 bits per heavy atom. The molecule has 0 bridgehead atoms. The van der Waals surface area contributed by atoms with Crippen LogP contribution in [0.15, 0.2) is 41.4 Å². The third kappa shape index (κ3) is 3.12. The Labute approximate surface area is 113 Å². The molecule has 2 aromatic rings. The Bertz CT molecular complexity index is 692. The van der Waals surface area contributed by atoms with E-state index in [9.17, 15) is 8.42 Å². The third-order valence-electron chi connectivity index (χ3n) is 2.94. The minimum absolute atomic E-state index is 0.248. The second kappa shape index (κ2) is 5.01. The summed E-state index contributed by atoms with van der Waals surface area (Å²) in [6.07, 6.45) is 1.62. The highest BCUT2D eigenvalue weighted by atomic mass is 32.2. The van der Waals surface area contributed by atoms with Crippen molar-refractivity contribution < 1.29 is 8.42 Å². The number of benzene rings is 1. The number of anilines is 1. The molecule has 0 aliphatic carbocycles. The van der Waals surface area contributed by atoms with E-state index >= 15 is 0 Å². The van der Waals surface area contributed by atoms with Crippen LogP contribution in [0.5, 0.6) is 0 Å². The summed E-state index contributed by atoms with van der Waals surface area (Å²) in [4.78, 5) is 4.29. The molecule has 19 heavy (non-hydrogen) atoms. The van der Waals surface area contributed by atoms with Gasteiger partial charge in [-0.2, -0.15) is 0 Å². The fraction of sp³-hybridized carbons (Fsp3) is 0.214. The second-order valence-electron chi connectivity index (χ2n) is 4.57. The van der Waals surface area contributed by atoms with Crippen molar-refractivity contribution in [2.45, 2.75) is 25.7 Å². The smallest absolute Gasteiger partial charge is 0.263 e. The molecular weight excluding hydrogens is 260 g/mol. The van der Waals surface area contributed by atoms with Gasteiger partial charge in [-0.3, -0.25) is 4.72 Å². The molecule has 0 saturated carbocycles. The Morgan fingerprint density at radius 1 is 1.00 bits per heavy atom. The van der Waals surface area contributed by atoms with Crippen LogP contribution in [-0.4, -0.2) is 13.4 Å². The number of aryl methyl sites for hydroxylation is 3. The molecule has 1 aromatic heterocycles. The van der Waals surface area contributed by atoms with Gasteiger partial charge in [0, 0.05) is 6.20 Å². The van der Waals surface area contributed by atoms with Gasteiger partial charge in [-0.1, -0.05) is 12.1 Å². The van der Waals surface area contributed by atoms with Gasteiger partial charge in [0.25, 0.3) is 10.0 Å². The molecule has 0 saturated heterocycles. The molecular formula is C14H16N2O2S. The van der Waals surface area contributed by atoms with Gasteiger partial charge in [0.05, 0.1) is 4.90 Å². The van der Waals surface area contributed by atoms with Crippen molar-refractivity contribution in [1.29, 1.82) is 0 Å². The van der Waals surface area contributed by atoms with Gasteiger partial charge in [0.15, 0.2) is 0 Å². The predicted octanol–water partition coefficient (Wildman–Crippen LogP) is 2.81. The first-order chi connectivity index (χ1) is 8.88. The highest BCUT2D eigenvalue weighted by Gasteiger charge is 2.15. The molecule has 0 fully saturated rings. The van der Waals surface area contributed by atoms with E-state index in [1.807, 2.05) is 26.8 Å². The average molecular weight is 276 g/mol. The van der Waals surface area contributed by atoms with E-state index < -0.39 is 10.0 Å². The number of nitrogens with zero attached hydrogens (tertiary/aromatic N) is 1. The molecule has 0 aliphatic heterocycles. The van der Waals surface area contributed by atoms with Crippen LogP contribution in [-0.2, 0) is 10.0 Å². The summed E-state index contributed by atoms with van der Waals surface area (Å²) in [5.74, 6) is 0.323. The molecule has 1 aromatic carbocycles. The maximum atomic E-state index is 12.2. The summed E-state index contributed by atoms with van der Waals surface area (Å²) in [6, 6.07) is 8.51. The van der Waals surface area contributed by atoms with E-state index in [-0.39, 0.29) is 4.90 Å². The molecule has 0 radical (unpaired) electrons. The summed E-state index contributed by atoms with van der Waals surface area (Å²) < 4.78 is 26.9. The quantitative estimate of drug-likeness (QED) is 0.937. The van der Waals surface area contributed by atoms with Crippen molar-refractivity contribution in [2.75, 3.05) is 4.72 Å². The van der Waals surface area contributed by atoms with Crippen molar-refractivity contribution in [1.82, 2.24) is 4.98 Å². The lowest BCUT2D eigenvalue weighted by molar-refractivity contribution is 0.601. The van der Waals surface area contributed by atoms with Crippen LogP contribution < -0.4 is 4.72 Å². The molecule has 1 N–H and O–H groups in total. The summed E-state index contributed by atoms with van der Waals surface area (Å²) in [5.41, 5.74) is 2.99. The van der Waals surface area contributed by atoms with Gasteiger partial charge in [-0.05, 0) is 55.7 Å². The Morgan fingerprint density at radius 2 is 1.74 bits per heavy atom. The number of aromatic nitrogens is 1. The van der Waals surface area contributed by atoms with E-state index in [4.69, 9.17) is 0 Å². The van der Waals surface area contributed by atoms with Gasteiger partial charge in [0.2, 0.25) is 0 Å². The van der Waals surface area contributed by atoms with E-state index in [1.54, 1.807) is 30.5 Å². The van der Waals surface area contributed by atoms with E-state index in [0.717, 1.165) is 16.7 Å². The van der Waals surface area contributed by atoms with Gasteiger partial charge in [0.1, 0.15) is 5.82 Å².